The minimum atomic E-state index is -0.242. The zero-order valence-electron chi connectivity index (χ0n) is 12.1. The van der Waals surface area contributed by atoms with Crippen molar-refractivity contribution >= 4 is 11.1 Å². The lowest BCUT2D eigenvalue weighted by atomic mass is 9.92. The SMILES string of the molecule is CC(O)C1CCCN(C(C)c2nc3ccccc3o2)C1. The Bertz CT molecular complexity index is 546. The summed E-state index contributed by atoms with van der Waals surface area (Å²) in [5, 5.41) is 9.80. The first-order chi connectivity index (χ1) is 9.65. The smallest absolute Gasteiger partial charge is 0.212 e. The Hall–Kier alpha value is -1.39. The van der Waals surface area contributed by atoms with Gasteiger partial charge in [-0.15, -0.1) is 0 Å². The number of benzene rings is 1. The lowest BCUT2D eigenvalue weighted by Gasteiger charge is -2.36. The second kappa shape index (κ2) is 5.54. The van der Waals surface area contributed by atoms with Gasteiger partial charge in [0.2, 0.25) is 5.89 Å². The lowest BCUT2D eigenvalue weighted by Crippen LogP contribution is -2.40. The van der Waals surface area contributed by atoms with Crippen molar-refractivity contribution in [1.29, 1.82) is 0 Å². The minimum Gasteiger partial charge on any atom is -0.439 e. The van der Waals surface area contributed by atoms with Crippen LogP contribution < -0.4 is 0 Å². The van der Waals surface area contributed by atoms with Gasteiger partial charge in [-0.1, -0.05) is 12.1 Å². The first-order valence-electron chi connectivity index (χ1n) is 7.42. The molecule has 3 unspecified atom stereocenters. The molecule has 20 heavy (non-hydrogen) atoms. The van der Waals surface area contributed by atoms with Crippen LogP contribution in [0.2, 0.25) is 0 Å². The summed E-state index contributed by atoms with van der Waals surface area (Å²) in [6.07, 6.45) is 1.99. The molecule has 3 atom stereocenters. The van der Waals surface area contributed by atoms with Crippen molar-refractivity contribution in [3.8, 4) is 0 Å². The number of likely N-dealkylation sites (tertiary alicyclic amines) is 1. The van der Waals surface area contributed by atoms with Crippen LogP contribution in [0.5, 0.6) is 0 Å². The molecule has 0 radical (unpaired) electrons. The molecule has 1 aromatic carbocycles. The van der Waals surface area contributed by atoms with Gasteiger partial charge in [0, 0.05) is 6.54 Å². The van der Waals surface area contributed by atoms with E-state index in [-0.39, 0.29) is 12.1 Å². The highest BCUT2D eigenvalue weighted by molar-refractivity contribution is 5.72. The average Bonchev–Trinajstić information content (AvgIpc) is 2.90. The molecule has 2 heterocycles. The van der Waals surface area contributed by atoms with Gasteiger partial charge in [-0.3, -0.25) is 4.90 Å². The number of aromatic nitrogens is 1. The van der Waals surface area contributed by atoms with Crippen LogP contribution in [0.4, 0.5) is 0 Å². The Kier molecular flexibility index (Phi) is 3.76. The van der Waals surface area contributed by atoms with E-state index in [1.807, 2.05) is 31.2 Å². The summed E-state index contributed by atoms with van der Waals surface area (Å²) < 4.78 is 5.86. The number of nitrogens with zero attached hydrogens (tertiary/aromatic N) is 2. The Morgan fingerprint density at radius 1 is 1.35 bits per heavy atom. The fourth-order valence-corrected chi connectivity index (χ4v) is 3.01. The highest BCUT2D eigenvalue weighted by Gasteiger charge is 2.28. The summed E-state index contributed by atoms with van der Waals surface area (Å²) in [5.41, 5.74) is 1.76. The van der Waals surface area contributed by atoms with Crippen molar-refractivity contribution in [2.24, 2.45) is 5.92 Å². The van der Waals surface area contributed by atoms with Gasteiger partial charge in [0.05, 0.1) is 12.1 Å². The number of aliphatic hydroxyl groups is 1. The van der Waals surface area contributed by atoms with E-state index < -0.39 is 0 Å². The molecule has 1 aromatic heterocycles. The van der Waals surface area contributed by atoms with E-state index in [0.717, 1.165) is 42.9 Å². The average molecular weight is 274 g/mol. The van der Waals surface area contributed by atoms with E-state index in [1.165, 1.54) is 0 Å². The van der Waals surface area contributed by atoms with Crippen LogP contribution in [0.15, 0.2) is 28.7 Å². The van der Waals surface area contributed by atoms with Crippen LogP contribution in [0, 0.1) is 5.92 Å². The number of fused-ring (bicyclic) bond motifs is 1. The maximum atomic E-state index is 9.80. The molecule has 0 saturated carbocycles. The molecule has 4 nitrogen and oxygen atoms in total. The second-order valence-corrected chi connectivity index (χ2v) is 5.83. The fourth-order valence-electron chi connectivity index (χ4n) is 3.01. The van der Waals surface area contributed by atoms with E-state index in [4.69, 9.17) is 4.42 Å². The maximum absolute atomic E-state index is 9.80. The molecular formula is C16H22N2O2. The third-order valence-corrected chi connectivity index (χ3v) is 4.39. The Morgan fingerprint density at radius 3 is 2.90 bits per heavy atom. The molecule has 108 valence electrons. The first-order valence-corrected chi connectivity index (χ1v) is 7.42. The standard InChI is InChI=1S/C16H22N2O2/c1-11(18-9-5-6-13(10-18)12(2)19)16-17-14-7-3-4-8-15(14)20-16/h3-4,7-8,11-13,19H,5-6,9-10H2,1-2H3. The van der Waals surface area contributed by atoms with Crippen molar-refractivity contribution < 1.29 is 9.52 Å². The Labute approximate surface area is 119 Å². The van der Waals surface area contributed by atoms with Crippen LogP contribution in [0.25, 0.3) is 11.1 Å². The van der Waals surface area contributed by atoms with Crippen molar-refractivity contribution in [2.45, 2.75) is 38.8 Å². The van der Waals surface area contributed by atoms with Gasteiger partial charge >= 0.3 is 0 Å². The number of hydrogen-bond donors (Lipinski definition) is 1. The maximum Gasteiger partial charge on any atom is 0.212 e. The number of oxazole rings is 1. The van der Waals surface area contributed by atoms with E-state index in [9.17, 15) is 5.11 Å². The van der Waals surface area contributed by atoms with Crippen molar-refractivity contribution in [2.75, 3.05) is 13.1 Å². The lowest BCUT2D eigenvalue weighted by molar-refractivity contribution is 0.0420. The molecule has 4 heteroatoms. The van der Waals surface area contributed by atoms with E-state index >= 15 is 0 Å². The van der Waals surface area contributed by atoms with Crippen molar-refractivity contribution in [3.63, 3.8) is 0 Å². The molecule has 1 N–H and O–H groups in total. The molecule has 1 saturated heterocycles. The second-order valence-electron chi connectivity index (χ2n) is 5.83. The van der Waals surface area contributed by atoms with E-state index in [1.54, 1.807) is 0 Å². The Morgan fingerprint density at radius 2 is 2.15 bits per heavy atom. The van der Waals surface area contributed by atoms with Gasteiger partial charge in [0.15, 0.2) is 5.58 Å². The quantitative estimate of drug-likeness (QED) is 0.934. The molecule has 1 aliphatic heterocycles. The zero-order valence-corrected chi connectivity index (χ0v) is 12.1. The summed E-state index contributed by atoms with van der Waals surface area (Å²) in [6, 6.07) is 8.02. The molecule has 3 rings (SSSR count). The van der Waals surface area contributed by atoms with Gasteiger partial charge < -0.3 is 9.52 Å². The summed E-state index contributed by atoms with van der Waals surface area (Å²) in [6.45, 7) is 5.98. The van der Waals surface area contributed by atoms with Gasteiger partial charge in [0.1, 0.15) is 5.52 Å². The first kappa shape index (κ1) is 13.6. The molecule has 1 aliphatic rings. The highest BCUT2D eigenvalue weighted by atomic mass is 16.3. The van der Waals surface area contributed by atoms with E-state index in [0.29, 0.717) is 5.92 Å². The summed E-state index contributed by atoms with van der Waals surface area (Å²) in [7, 11) is 0. The van der Waals surface area contributed by atoms with Crippen LogP contribution in [0.3, 0.4) is 0 Å². The van der Waals surface area contributed by atoms with Crippen molar-refractivity contribution in [1.82, 2.24) is 9.88 Å². The number of rotatable bonds is 3. The van der Waals surface area contributed by atoms with Crippen LogP contribution in [-0.4, -0.2) is 34.2 Å². The minimum absolute atomic E-state index is 0.156. The van der Waals surface area contributed by atoms with Crippen molar-refractivity contribution in [3.05, 3.63) is 30.2 Å². The zero-order chi connectivity index (χ0) is 14.1. The Balaban J connectivity index is 1.79. The van der Waals surface area contributed by atoms with Crippen LogP contribution in [-0.2, 0) is 0 Å². The van der Waals surface area contributed by atoms with Crippen LogP contribution >= 0.6 is 0 Å². The molecular weight excluding hydrogens is 252 g/mol. The molecule has 0 amide bonds. The molecule has 0 aliphatic carbocycles. The largest absolute Gasteiger partial charge is 0.439 e. The van der Waals surface area contributed by atoms with Gasteiger partial charge in [-0.05, 0) is 51.3 Å². The number of aliphatic hydroxyl groups excluding tert-OH is 1. The molecule has 1 fully saturated rings. The van der Waals surface area contributed by atoms with E-state index in [2.05, 4.69) is 16.8 Å². The summed E-state index contributed by atoms with van der Waals surface area (Å²) in [4.78, 5) is 6.95. The number of piperidine rings is 1. The normalized spacial score (nSPS) is 23.9. The molecule has 0 bridgehead atoms. The van der Waals surface area contributed by atoms with Gasteiger partial charge in [0.25, 0.3) is 0 Å². The predicted molar refractivity (Wildman–Crippen MR) is 78.4 cm³/mol. The van der Waals surface area contributed by atoms with Gasteiger partial charge in [-0.2, -0.15) is 0 Å². The van der Waals surface area contributed by atoms with Gasteiger partial charge in [-0.25, -0.2) is 4.98 Å². The monoisotopic (exact) mass is 274 g/mol. The number of hydrogen-bond acceptors (Lipinski definition) is 4. The molecule has 2 aromatic rings. The number of para-hydroxylation sites is 2. The van der Waals surface area contributed by atoms with Crippen LogP contribution in [0.1, 0.15) is 38.6 Å². The topological polar surface area (TPSA) is 49.5 Å². The highest BCUT2D eigenvalue weighted by Crippen LogP contribution is 2.29. The predicted octanol–water partition coefficient (Wildman–Crippen LogP) is 2.98. The third kappa shape index (κ3) is 2.58. The molecule has 0 spiro atoms. The fraction of sp³-hybridized carbons (Fsp3) is 0.562. The summed E-state index contributed by atoms with van der Waals surface area (Å²) in [5.74, 6) is 1.13. The third-order valence-electron chi connectivity index (χ3n) is 4.39. The summed E-state index contributed by atoms with van der Waals surface area (Å²) >= 11 is 0.